The standard InChI is InChI=1S/C19H17N5/c1-14-7-5-6-10-16(14)12-20-18-11-17(15-8-3-2-4-9-15)23-19-21-13-22-24(18)19/h2-11,13,20H,12H2,1H3. The summed E-state index contributed by atoms with van der Waals surface area (Å²) in [7, 11) is 0. The number of nitrogens with zero attached hydrogens (tertiary/aromatic N) is 4. The van der Waals surface area contributed by atoms with E-state index in [4.69, 9.17) is 0 Å². The van der Waals surface area contributed by atoms with Crippen molar-refractivity contribution in [3.05, 3.63) is 78.1 Å². The Morgan fingerprint density at radius 2 is 1.79 bits per heavy atom. The summed E-state index contributed by atoms with van der Waals surface area (Å²) in [6, 6.07) is 20.4. The molecule has 4 rings (SSSR count). The zero-order valence-corrected chi connectivity index (χ0v) is 13.3. The Kier molecular flexibility index (Phi) is 3.67. The Morgan fingerprint density at radius 3 is 2.62 bits per heavy atom. The van der Waals surface area contributed by atoms with Crippen molar-refractivity contribution >= 4 is 11.6 Å². The second-order valence-electron chi connectivity index (χ2n) is 5.64. The van der Waals surface area contributed by atoms with E-state index in [1.54, 1.807) is 4.52 Å². The number of benzene rings is 2. The van der Waals surface area contributed by atoms with Gasteiger partial charge in [-0.15, -0.1) is 0 Å². The van der Waals surface area contributed by atoms with Crippen molar-refractivity contribution in [2.24, 2.45) is 0 Å². The van der Waals surface area contributed by atoms with Crippen molar-refractivity contribution in [2.45, 2.75) is 13.5 Å². The Balaban J connectivity index is 1.71. The van der Waals surface area contributed by atoms with Crippen LogP contribution in [0.2, 0.25) is 0 Å². The summed E-state index contributed by atoms with van der Waals surface area (Å²) in [4.78, 5) is 8.83. The Hall–Kier alpha value is -3.21. The van der Waals surface area contributed by atoms with Crippen molar-refractivity contribution in [1.29, 1.82) is 0 Å². The third-order valence-corrected chi connectivity index (χ3v) is 4.04. The fourth-order valence-corrected chi connectivity index (χ4v) is 2.69. The highest BCUT2D eigenvalue weighted by molar-refractivity contribution is 5.65. The summed E-state index contributed by atoms with van der Waals surface area (Å²) in [6.07, 6.45) is 1.52. The Bertz CT molecular complexity index is 975. The van der Waals surface area contributed by atoms with Crippen molar-refractivity contribution in [1.82, 2.24) is 19.6 Å². The molecule has 0 aliphatic heterocycles. The topological polar surface area (TPSA) is 55.1 Å². The molecule has 0 amide bonds. The Morgan fingerprint density at radius 1 is 1.00 bits per heavy atom. The highest BCUT2D eigenvalue weighted by Gasteiger charge is 2.09. The van der Waals surface area contributed by atoms with Gasteiger partial charge in [0.1, 0.15) is 12.1 Å². The van der Waals surface area contributed by atoms with E-state index < -0.39 is 0 Å². The molecule has 5 nitrogen and oxygen atoms in total. The maximum Gasteiger partial charge on any atom is 0.254 e. The molecule has 0 saturated carbocycles. The molecule has 5 heteroatoms. The second-order valence-corrected chi connectivity index (χ2v) is 5.64. The smallest absolute Gasteiger partial charge is 0.254 e. The number of aryl methyl sites for hydroxylation is 1. The van der Waals surface area contributed by atoms with Crippen LogP contribution >= 0.6 is 0 Å². The molecule has 118 valence electrons. The number of anilines is 1. The van der Waals surface area contributed by atoms with Gasteiger partial charge in [0.05, 0.1) is 5.69 Å². The van der Waals surface area contributed by atoms with Crippen LogP contribution in [0, 0.1) is 6.92 Å². The lowest BCUT2D eigenvalue weighted by atomic mass is 10.1. The van der Waals surface area contributed by atoms with E-state index in [-0.39, 0.29) is 0 Å². The van der Waals surface area contributed by atoms with Gasteiger partial charge in [0, 0.05) is 18.2 Å². The molecule has 2 aromatic heterocycles. The predicted molar refractivity (Wildman–Crippen MR) is 94.7 cm³/mol. The van der Waals surface area contributed by atoms with Crippen molar-refractivity contribution < 1.29 is 0 Å². The van der Waals surface area contributed by atoms with Crippen LogP contribution in [-0.4, -0.2) is 19.6 Å². The number of hydrogen-bond acceptors (Lipinski definition) is 4. The molecule has 4 aromatic rings. The van der Waals surface area contributed by atoms with Crippen LogP contribution in [0.15, 0.2) is 67.0 Å². The SMILES string of the molecule is Cc1ccccc1CNc1cc(-c2ccccc2)nc2ncnn12. The minimum absolute atomic E-state index is 0.587. The summed E-state index contributed by atoms with van der Waals surface area (Å²) in [5, 5.41) is 7.73. The molecule has 2 heterocycles. The van der Waals surface area contributed by atoms with Crippen LogP contribution in [-0.2, 0) is 6.54 Å². The fraction of sp³-hybridized carbons (Fsp3) is 0.105. The molecule has 0 saturated heterocycles. The summed E-state index contributed by atoms with van der Waals surface area (Å²) in [6.45, 7) is 2.84. The van der Waals surface area contributed by atoms with Gasteiger partial charge in [0.2, 0.25) is 0 Å². The lowest BCUT2D eigenvalue weighted by Gasteiger charge is -2.11. The van der Waals surface area contributed by atoms with Gasteiger partial charge in [-0.1, -0.05) is 54.6 Å². The van der Waals surface area contributed by atoms with Crippen molar-refractivity contribution in [3.63, 3.8) is 0 Å². The van der Waals surface area contributed by atoms with E-state index in [1.165, 1.54) is 17.5 Å². The number of fused-ring (bicyclic) bond motifs is 1. The molecule has 0 fully saturated rings. The van der Waals surface area contributed by atoms with Crippen LogP contribution < -0.4 is 5.32 Å². The van der Waals surface area contributed by atoms with Crippen LogP contribution in [0.25, 0.3) is 17.0 Å². The molecule has 0 unspecified atom stereocenters. The van der Waals surface area contributed by atoms with E-state index in [9.17, 15) is 0 Å². The van der Waals surface area contributed by atoms with Gasteiger partial charge in [-0.25, -0.2) is 4.98 Å². The first-order valence-electron chi connectivity index (χ1n) is 7.86. The number of nitrogens with one attached hydrogen (secondary N) is 1. The van der Waals surface area contributed by atoms with Crippen LogP contribution in [0.5, 0.6) is 0 Å². The summed E-state index contributed by atoms with van der Waals surface area (Å²) in [5.74, 6) is 1.46. The molecule has 0 spiro atoms. The van der Waals surface area contributed by atoms with Crippen molar-refractivity contribution in [3.8, 4) is 11.3 Å². The summed E-state index contributed by atoms with van der Waals surface area (Å²) >= 11 is 0. The lowest BCUT2D eigenvalue weighted by molar-refractivity contribution is 0.925. The van der Waals surface area contributed by atoms with Crippen LogP contribution in [0.3, 0.4) is 0 Å². The molecule has 0 radical (unpaired) electrons. The number of aromatic nitrogens is 4. The summed E-state index contributed by atoms with van der Waals surface area (Å²) < 4.78 is 1.73. The van der Waals surface area contributed by atoms with E-state index in [0.29, 0.717) is 5.78 Å². The average Bonchev–Trinajstić information content (AvgIpc) is 3.10. The predicted octanol–water partition coefficient (Wildman–Crippen LogP) is 3.71. The van der Waals surface area contributed by atoms with E-state index in [1.807, 2.05) is 36.4 Å². The highest BCUT2D eigenvalue weighted by Crippen LogP contribution is 2.21. The normalized spacial score (nSPS) is 10.9. The lowest BCUT2D eigenvalue weighted by Crippen LogP contribution is -2.07. The van der Waals surface area contributed by atoms with Gasteiger partial charge in [-0.2, -0.15) is 14.6 Å². The second kappa shape index (κ2) is 6.12. The van der Waals surface area contributed by atoms with Gasteiger partial charge in [0.15, 0.2) is 0 Å². The molecule has 0 atom stereocenters. The van der Waals surface area contributed by atoms with Crippen molar-refractivity contribution in [2.75, 3.05) is 5.32 Å². The zero-order chi connectivity index (χ0) is 16.4. The molecular formula is C19H17N5. The monoisotopic (exact) mass is 315 g/mol. The molecule has 0 aliphatic rings. The van der Waals surface area contributed by atoms with Crippen LogP contribution in [0.1, 0.15) is 11.1 Å². The van der Waals surface area contributed by atoms with Gasteiger partial charge in [-0.3, -0.25) is 0 Å². The van der Waals surface area contributed by atoms with Gasteiger partial charge in [0.25, 0.3) is 5.78 Å². The molecule has 0 bridgehead atoms. The van der Waals surface area contributed by atoms with E-state index in [2.05, 4.69) is 51.6 Å². The molecule has 1 N–H and O–H groups in total. The summed E-state index contributed by atoms with van der Waals surface area (Å²) in [5.41, 5.74) is 4.45. The maximum absolute atomic E-state index is 4.59. The molecule has 24 heavy (non-hydrogen) atoms. The minimum Gasteiger partial charge on any atom is -0.366 e. The first-order valence-corrected chi connectivity index (χ1v) is 7.86. The highest BCUT2D eigenvalue weighted by atomic mass is 15.3. The third-order valence-electron chi connectivity index (χ3n) is 4.04. The average molecular weight is 315 g/mol. The minimum atomic E-state index is 0.587. The largest absolute Gasteiger partial charge is 0.366 e. The van der Waals surface area contributed by atoms with Crippen LogP contribution in [0.4, 0.5) is 5.82 Å². The Labute approximate surface area is 140 Å². The molecule has 0 aliphatic carbocycles. The first-order chi connectivity index (χ1) is 11.8. The number of rotatable bonds is 4. The molecular weight excluding hydrogens is 298 g/mol. The van der Waals surface area contributed by atoms with Gasteiger partial charge in [-0.05, 0) is 18.1 Å². The van der Waals surface area contributed by atoms with Gasteiger partial charge < -0.3 is 5.32 Å². The number of hydrogen-bond donors (Lipinski definition) is 1. The van der Waals surface area contributed by atoms with Gasteiger partial charge >= 0.3 is 0 Å². The fourth-order valence-electron chi connectivity index (χ4n) is 2.69. The van der Waals surface area contributed by atoms with E-state index >= 15 is 0 Å². The molecule has 2 aromatic carbocycles. The zero-order valence-electron chi connectivity index (χ0n) is 13.3. The van der Waals surface area contributed by atoms with E-state index in [0.717, 1.165) is 23.6 Å². The quantitative estimate of drug-likeness (QED) is 0.624. The third kappa shape index (κ3) is 2.72. The first kappa shape index (κ1) is 14.4. The maximum atomic E-state index is 4.59.